The number of nitrogen functional groups attached to an aromatic ring is 1. The molecule has 1 aromatic carbocycles. The first-order chi connectivity index (χ1) is 10.2. The number of benzene rings is 1. The SMILES string of the molecule is CCc1cnccc1-c1noc(-c2cc(N)ccc2C)n1. The van der Waals surface area contributed by atoms with Crippen LogP contribution in [0.1, 0.15) is 18.1 Å². The molecule has 0 aliphatic carbocycles. The van der Waals surface area contributed by atoms with Crippen molar-refractivity contribution in [1.29, 1.82) is 0 Å². The van der Waals surface area contributed by atoms with Crippen LogP contribution in [-0.2, 0) is 6.42 Å². The van der Waals surface area contributed by atoms with Crippen molar-refractivity contribution in [1.82, 2.24) is 15.1 Å². The van der Waals surface area contributed by atoms with Gasteiger partial charge in [-0.05, 0) is 42.7 Å². The van der Waals surface area contributed by atoms with Crippen LogP contribution in [-0.4, -0.2) is 15.1 Å². The molecule has 0 aliphatic rings. The van der Waals surface area contributed by atoms with Gasteiger partial charge in [-0.2, -0.15) is 4.98 Å². The third kappa shape index (κ3) is 2.50. The van der Waals surface area contributed by atoms with Gasteiger partial charge in [0.2, 0.25) is 5.82 Å². The molecule has 0 amide bonds. The first kappa shape index (κ1) is 13.3. The Bertz CT molecular complexity index is 779. The molecule has 106 valence electrons. The Morgan fingerprint density at radius 1 is 1.19 bits per heavy atom. The maximum absolute atomic E-state index is 5.83. The zero-order chi connectivity index (χ0) is 14.8. The van der Waals surface area contributed by atoms with E-state index < -0.39 is 0 Å². The number of nitrogens with zero attached hydrogens (tertiary/aromatic N) is 3. The van der Waals surface area contributed by atoms with Gasteiger partial charge in [0.15, 0.2) is 0 Å². The smallest absolute Gasteiger partial charge is 0.258 e. The molecule has 0 radical (unpaired) electrons. The van der Waals surface area contributed by atoms with Crippen LogP contribution in [0.4, 0.5) is 5.69 Å². The summed E-state index contributed by atoms with van der Waals surface area (Å²) < 4.78 is 5.40. The van der Waals surface area contributed by atoms with Crippen LogP contribution in [0.25, 0.3) is 22.8 Å². The maximum Gasteiger partial charge on any atom is 0.258 e. The molecule has 2 aromatic heterocycles. The summed E-state index contributed by atoms with van der Waals surface area (Å²) in [6.45, 7) is 4.06. The van der Waals surface area contributed by atoms with Gasteiger partial charge in [0, 0.05) is 29.2 Å². The second-order valence-corrected chi connectivity index (χ2v) is 4.88. The number of aromatic nitrogens is 3. The molecule has 3 rings (SSSR count). The van der Waals surface area contributed by atoms with Gasteiger partial charge in [0.25, 0.3) is 5.89 Å². The minimum atomic E-state index is 0.480. The fourth-order valence-electron chi connectivity index (χ4n) is 2.24. The molecule has 2 N–H and O–H groups in total. The van der Waals surface area contributed by atoms with Crippen LogP contribution in [0.3, 0.4) is 0 Å². The highest BCUT2D eigenvalue weighted by molar-refractivity contribution is 5.67. The number of pyridine rings is 1. The summed E-state index contributed by atoms with van der Waals surface area (Å²) in [6.07, 6.45) is 4.43. The lowest BCUT2D eigenvalue weighted by Gasteiger charge is -2.02. The number of nitrogens with two attached hydrogens (primary N) is 1. The van der Waals surface area contributed by atoms with E-state index in [2.05, 4.69) is 22.0 Å². The molecule has 5 nitrogen and oxygen atoms in total. The van der Waals surface area contributed by atoms with Crippen LogP contribution in [0.15, 0.2) is 41.2 Å². The Morgan fingerprint density at radius 3 is 2.86 bits per heavy atom. The van der Waals surface area contributed by atoms with Crippen molar-refractivity contribution in [2.45, 2.75) is 20.3 Å². The van der Waals surface area contributed by atoms with E-state index in [1.807, 2.05) is 37.4 Å². The number of hydrogen-bond acceptors (Lipinski definition) is 5. The molecule has 0 atom stereocenters. The van der Waals surface area contributed by atoms with Gasteiger partial charge < -0.3 is 10.3 Å². The van der Waals surface area contributed by atoms with E-state index in [-0.39, 0.29) is 0 Å². The van der Waals surface area contributed by atoms with Crippen molar-refractivity contribution in [3.05, 3.63) is 47.8 Å². The van der Waals surface area contributed by atoms with Gasteiger partial charge in [0.1, 0.15) is 0 Å². The predicted molar refractivity (Wildman–Crippen MR) is 81.5 cm³/mol. The molecule has 0 bridgehead atoms. The van der Waals surface area contributed by atoms with Crippen LogP contribution in [0, 0.1) is 6.92 Å². The molecule has 0 fully saturated rings. The van der Waals surface area contributed by atoms with Crippen molar-refractivity contribution in [2.75, 3.05) is 5.73 Å². The zero-order valence-corrected chi connectivity index (χ0v) is 12.0. The molecule has 21 heavy (non-hydrogen) atoms. The van der Waals surface area contributed by atoms with Crippen LogP contribution in [0.5, 0.6) is 0 Å². The molecular weight excluding hydrogens is 264 g/mol. The van der Waals surface area contributed by atoms with Crippen molar-refractivity contribution in [3.63, 3.8) is 0 Å². The van der Waals surface area contributed by atoms with Crippen molar-refractivity contribution < 1.29 is 4.52 Å². The van der Waals surface area contributed by atoms with Gasteiger partial charge in [-0.15, -0.1) is 0 Å². The Morgan fingerprint density at radius 2 is 2.05 bits per heavy atom. The molecule has 2 heterocycles. The van der Waals surface area contributed by atoms with Crippen LogP contribution >= 0.6 is 0 Å². The Labute approximate surface area is 122 Å². The number of anilines is 1. The summed E-state index contributed by atoms with van der Waals surface area (Å²) in [5.74, 6) is 1.06. The lowest BCUT2D eigenvalue weighted by Crippen LogP contribution is -1.91. The molecular formula is C16H16N4O. The third-order valence-electron chi connectivity index (χ3n) is 3.44. The van der Waals surface area contributed by atoms with Gasteiger partial charge in [-0.25, -0.2) is 0 Å². The summed E-state index contributed by atoms with van der Waals surface area (Å²) >= 11 is 0. The van der Waals surface area contributed by atoms with Gasteiger partial charge in [-0.3, -0.25) is 4.98 Å². The topological polar surface area (TPSA) is 77.8 Å². The summed E-state index contributed by atoms with van der Waals surface area (Å²) in [6, 6.07) is 7.55. The highest BCUT2D eigenvalue weighted by atomic mass is 16.5. The standard InChI is InChI=1S/C16H16N4O/c1-3-11-9-18-7-6-13(11)15-19-16(21-20-15)14-8-12(17)5-4-10(14)2/h4-9H,3,17H2,1-2H3. The number of hydrogen-bond donors (Lipinski definition) is 1. The summed E-state index contributed by atoms with van der Waals surface area (Å²) in [7, 11) is 0. The van der Waals surface area contributed by atoms with E-state index in [9.17, 15) is 0 Å². The Balaban J connectivity index is 2.06. The minimum absolute atomic E-state index is 0.480. The molecule has 3 aromatic rings. The first-order valence-corrected chi connectivity index (χ1v) is 6.82. The second kappa shape index (κ2) is 5.36. The fraction of sp³-hybridized carbons (Fsp3) is 0.188. The van der Waals surface area contributed by atoms with E-state index in [1.165, 1.54) is 0 Å². The van der Waals surface area contributed by atoms with Crippen molar-refractivity contribution in [3.8, 4) is 22.8 Å². The highest BCUT2D eigenvalue weighted by Gasteiger charge is 2.14. The maximum atomic E-state index is 5.83. The van der Waals surface area contributed by atoms with Gasteiger partial charge >= 0.3 is 0 Å². The average molecular weight is 280 g/mol. The molecule has 5 heteroatoms. The molecule has 0 saturated carbocycles. The van der Waals surface area contributed by atoms with Gasteiger partial charge in [0.05, 0.1) is 0 Å². The number of aryl methyl sites for hydroxylation is 2. The summed E-state index contributed by atoms with van der Waals surface area (Å²) in [5, 5.41) is 4.09. The average Bonchev–Trinajstić information content (AvgIpc) is 2.99. The molecule has 0 unspecified atom stereocenters. The third-order valence-corrected chi connectivity index (χ3v) is 3.44. The predicted octanol–water partition coefficient (Wildman–Crippen LogP) is 3.25. The van der Waals surface area contributed by atoms with E-state index in [0.717, 1.165) is 28.7 Å². The Hall–Kier alpha value is -2.69. The highest BCUT2D eigenvalue weighted by Crippen LogP contribution is 2.27. The lowest BCUT2D eigenvalue weighted by molar-refractivity contribution is 0.432. The normalized spacial score (nSPS) is 10.8. The van der Waals surface area contributed by atoms with Crippen molar-refractivity contribution >= 4 is 5.69 Å². The first-order valence-electron chi connectivity index (χ1n) is 6.82. The molecule has 0 aliphatic heterocycles. The van der Waals surface area contributed by atoms with Crippen LogP contribution < -0.4 is 5.73 Å². The van der Waals surface area contributed by atoms with Crippen LogP contribution in [0.2, 0.25) is 0 Å². The zero-order valence-electron chi connectivity index (χ0n) is 12.0. The second-order valence-electron chi connectivity index (χ2n) is 4.88. The van der Waals surface area contributed by atoms with E-state index in [4.69, 9.17) is 10.3 Å². The lowest BCUT2D eigenvalue weighted by atomic mass is 10.1. The molecule has 0 saturated heterocycles. The van der Waals surface area contributed by atoms with Gasteiger partial charge in [-0.1, -0.05) is 18.1 Å². The summed E-state index contributed by atoms with van der Waals surface area (Å²) in [4.78, 5) is 8.63. The number of rotatable bonds is 3. The largest absolute Gasteiger partial charge is 0.399 e. The monoisotopic (exact) mass is 280 g/mol. The van der Waals surface area contributed by atoms with E-state index >= 15 is 0 Å². The quantitative estimate of drug-likeness (QED) is 0.745. The van der Waals surface area contributed by atoms with E-state index in [1.54, 1.807) is 6.20 Å². The molecule has 0 spiro atoms. The van der Waals surface area contributed by atoms with Crippen molar-refractivity contribution in [2.24, 2.45) is 0 Å². The summed E-state index contributed by atoms with van der Waals surface area (Å²) in [5.41, 5.74) is 10.5. The fourth-order valence-corrected chi connectivity index (χ4v) is 2.24. The van der Waals surface area contributed by atoms with E-state index in [0.29, 0.717) is 17.4 Å². The Kier molecular flexibility index (Phi) is 3.39. The minimum Gasteiger partial charge on any atom is -0.399 e.